The summed E-state index contributed by atoms with van der Waals surface area (Å²) < 4.78 is 21.7. The third kappa shape index (κ3) is 2.47. The fraction of sp³-hybridized carbons (Fsp3) is 0.800. The van der Waals surface area contributed by atoms with Gasteiger partial charge in [0.15, 0.2) is 9.84 Å². The smallest absolute Gasteiger partial charge is 0.221 e. The van der Waals surface area contributed by atoms with Crippen LogP contribution in [-0.4, -0.2) is 44.4 Å². The van der Waals surface area contributed by atoms with Crippen molar-refractivity contribution in [1.82, 2.24) is 10.4 Å². The predicted octanol–water partition coefficient (Wildman–Crippen LogP) is -1.62. The summed E-state index contributed by atoms with van der Waals surface area (Å²) in [5.41, 5.74) is 2.41. The number of hydrogen-bond acceptors (Lipinski definition) is 4. The minimum atomic E-state index is -2.83. The zero-order valence-corrected chi connectivity index (χ0v) is 6.80. The summed E-state index contributed by atoms with van der Waals surface area (Å²) in [6.45, 7) is 0.780. The van der Waals surface area contributed by atoms with E-state index < -0.39 is 9.84 Å². The van der Waals surface area contributed by atoms with Crippen molar-refractivity contribution in [2.45, 2.75) is 0 Å². The van der Waals surface area contributed by atoms with Crippen molar-refractivity contribution in [3.63, 3.8) is 0 Å². The first kappa shape index (κ1) is 8.48. The van der Waals surface area contributed by atoms with Crippen molar-refractivity contribution in [1.29, 1.82) is 0 Å². The molecule has 1 rings (SSSR count). The van der Waals surface area contributed by atoms with E-state index in [4.69, 9.17) is 0 Å². The Morgan fingerprint density at radius 3 is 2.27 bits per heavy atom. The molecule has 11 heavy (non-hydrogen) atoms. The summed E-state index contributed by atoms with van der Waals surface area (Å²) in [6.07, 6.45) is 0.554. The second-order valence-electron chi connectivity index (χ2n) is 2.39. The van der Waals surface area contributed by atoms with Crippen LogP contribution in [0.4, 0.5) is 0 Å². The van der Waals surface area contributed by atoms with Crippen molar-refractivity contribution >= 4 is 16.2 Å². The fourth-order valence-electron chi connectivity index (χ4n) is 0.916. The van der Waals surface area contributed by atoms with Crippen LogP contribution in [-0.2, 0) is 14.6 Å². The lowest BCUT2D eigenvalue weighted by atomic mass is 10.6. The number of hydrazine groups is 1. The molecule has 1 aliphatic heterocycles. The first-order valence-corrected chi connectivity index (χ1v) is 5.11. The van der Waals surface area contributed by atoms with Crippen LogP contribution >= 0.6 is 0 Å². The molecule has 1 aliphatic rings. The van der Waals surface area contributed by atoms with Gasteiger partial charge < -0.3 is 0 Å². The molecule has 0 unspecified atom stereocenters. The standard InChI is InChI=1S/C5H10N2O3S/c8-5-6-7-1-3-11(9,10)4-2-7/h5H,1-4H2,(H,6,8). The molecule has 64 valence electrons. The monoisotopic (exact) mass is 178 g/mol. The quantitative estimate of drug-likeness (QED) is 0.516. The maximum absolute atomic E-state index is 10.9. The van der Waals surface area contributed by atoms with E-state index in [1.807, 2.05) is 0 Å². The fourth-order valence-corrected chi connectivity index (χ4v) is 2.12. The van der Waals surface area contributed by atoms with Gasteiger partial charge in [-0.15, -0.1) is 0 Å². The molecule has 6 heteroatoms. The molecule has 0 aromatic rings. The van der Waals surface area contributed by atoms with E-state index in [0.29, 0.717) is 19.5 Å². The molecule has 0 aromatic heterocycles. The summed E-state index contributed by atoms with van der Waals surface area (Å²) in [7, 11) is -2.83. The van der Waals surface area contributed by atoms with Crippen LogP contribution in [0.25, 0.3) is 0 Å². The lowest BCUT2D eigenvalue weighted by Crippen LogP contribution is -2.47. The van der Waals surface area contributed by atoms with Crippen LogP contribution in [0.2, 0.25) is 0 Å². The van der Waals surface area contributed by atoms with E-state index in [9.17, 15) is 13.2 Å². The van der Waals surface area contributed by atoms with Crippen LogP contribution in [0.1, 0.15) is 0 Å². The zero-order chi connectivity index (χ0) is 8.32. The van der Waals surface area contributed by atoms with Crippen LogP contribution in [0.5, 0.6) is 0 Å². The molecular formula is C5H10N2O3S. The Kier molecular flexibility index (Phi) is 2.45. The number of hydrogen-bond donors (Lipinski definition) is 1. The number of carbonyl (C=O) groups excluding carboxylic acids is 1. The third-order valence-corrected chi connectivity index (χ3v) is 3.19. The van der Waals surface area contributed by atoms with Gasteiger partial charge in [-0.25, -0.2) is 13.4 Å². The zero-order valence-electron chi connectivity index (χ0n) is 5.99. The molecule has 5 nitrogen and oxygen atoms in total. The normalized spacial score (nSPS) is 24.4. The Hall–Kier alpha value is -0.620. The van der Waals surface area contributed by atoms with Crippen LogP contribution in [0, 0.1) is 0 Å². The molecule has 0 radical (unpaired) electrons. The highest BCUT2D eigenvalue weighted by atomic mass is 32.2. The minimum absolute atomic E-state index is 0.133. The summed E-state index contributed by atoms with van der Waals surface area (Å²) in [4.78, 5) is 9.93. The Labute approximate surface area is 65.3 Å². The van der Waals surface area contributed by atoms with Gasteiger partial charge >= 0.3 is 0 Å². The van der Waals surface area contributed by atoms with Gasteiger partial charge in [0.05, 0.1) is 11.5 Å². The molecule has 0 spiro atoms. The van der Waals surface area contributed by atoms with Gasteiger partial charge in [0.2, 0.25) is 6.41 Å². The van der Waals surface area contributed by atoms with Crippen molar-refractivity contribution in [3.05, 3.63) is 0 Å². The topological polar surface area (TPSA) is 66.5 Å². The summed E-state index contributed by atoms with van der Waals surface area (Å²) in [6, 6.07) is 0. The van der Waals surface area contributed by atoms with Gasteiger partial charge in [-0.1, -0.05) is 0 Å². The SMILES string of the molecule is O=CNN1CCS(=O)(=O)CC1. The van der Waals surface area contributed by atoms with E-state index in [1.54, 1.807) is 5.01 Å². The second kappa shape index (κ2) is 3.19. The number of nitrogens with one attached hydrogen (secondary N) is 1. The van der Waals surface area contributed by atoms with E-state index in [-0.39, 0.29) is 11.5 Å². The van der Waals surface area contributed by atoms with E-state index in [2.05, 4.69) is 5.43 Å². The first-order chi connectivity index (χ1) is 5.14. The van der Waals surface area contributed by atoms with Crippen LogP contribution in [0.3, 0.4) is 0 Å². The largest absolute Gasteiger partial charge is 0.291 e. The van der Waals surface area contributed by atoms with Crippen LogP contribution in [0.15, 0.2) is 0 Å². The number of nitrogens with zero attached hydrogens (tertiary/aromatic N) is 1. The van der Waals surface area contributed by atoms with E-state index in [1.165, 1.54) is 0 Å². The minimum Gasteiger partial charge on any atom is -0.291 e. The summed E-state index contributed by atoms with van der Waals surface area (Å²) in [5.74, 6) is 0.266. The van der Waals surface area contributed by atoms with Crippen molar-refractivity contribution in [2.24, 2.45) is 0 Å². The Morgan fingerprint density at radius 2 is 1.82 bits per heavy atom. The molecular weight excluding hydrogens is 168 g/mol. The molecule has 1 saturated heterocycles. The van der Waals surface area contributed by atoms with Gasteiger partial charge in [0.1, 0.15) is 0 Å². The first-order valence-electron chi connectivity index (χ1n) is 3.29. The van der Waals surface area contributed by atoms with Crippen LogP contribution < -0.4 is 5.43 Å². The molecule has 0 saturated carbocycles. The molecule has 0 aromatic carbocycles. The number of carbonyl (C=O) groups is 1. The lowest BCUT2D eigenvalue weighted by molar-refractivity contribution is -0.113. The van der Waals surface area contributed by atoms with Crippen molar-refractivity contribution in [3.8, 4) is 0 Å². The predicted molar refractivity (Wildman–Crippen MR) is 39.4 cm³/mol. The lowest BCUT2D eigenvalue weighted by Gasteiger charge is -2.24. The Morgan fingerprint density at radius 1 is 1.27 bits per heavy atom. The Balaban J connectivity index is 2.42. The highest BCUT2D eigenvalue weighted by molar-refractivity contribution is 7.91. The molecule has 1 N–H and O–H groups in total. The number of rotatable bonds is 2. The van der Waals surface area contributed by atoms with Crippen molar-refractivity contribution < 1.29 is 13.2 Å². The number of sulfone groups is 1. The molecule has 0 aliphatic carbocycles. The maximum atomic E-state index is 10.9. The number of amides is 1. The molecule has 0 atom stereocenters. The summed E-state index contributed by atoms with van der Waals surface area (Å²) in [5, 5.41) is 1.59. The third-order valence-electron chi connectivity index (χ3n) is 1.58. The maximum Gasteiger partial charge on any atom is 0.221 e. The highest BCUT2D eigenvalue weighted by Crippen LogP contribution is 1.99. The van der Waals surface area contributed by atoms with Gasteiger partial charge in [-0.3, -0.25) is 10.2 Å². The van der Waals surface area contributed by atoms with Gasteiger partial charge in [0, 0.05) is 13.1 Å². The molecule has 1 heterocycles. The van der Waals surface area contributed by atoms with E-state index >= 15 is 0 Å². The van der Waals surface area contributed by atoms with E-state index in [0.717, 1.165) is 0 Å². The van der Waals surface area contributed by atoms with Gasteiger partial charge in [-0.05, 0) is 0 Å². The average Bonchev–Trinajstić information content (AvgIpc) is 1.94. The molecule has 1 fully saturated rings. The second-order valence-corrected chi connectivity index (χ2v) is 4.69. The summed E-state index contributed by atoms with van der Waals surface area (Å²) >= 11 is 0. The van der Waals surface area contributed by atoms with Gasteiger partial charge in [0.25, 0.3) is 0 Å². The molecule has 1 amide bonds. The van der Waals surface area contributed by atoms with Crippen molar-refractivity contribution in [2.75, 3.05) is 24.6 Å². The molecule has 0 bridgehead atoms. The van der Waals surface area contributed by atoms with Gasteiger partial charge in [-0.2, -0.15) is 0 Å². The average molecular weight is 178 g/mol. The highest BCUT2D eigenvalue weighted by Gasteiger charge is 2.20. The Bertz CT molecular complexity index is 222.